The van der Waals surface area contributed by atoms with Crippen LogP contribution in [0.5, 0.6) is 0 Å². The Morgan fingerprint density at radius 2 is 1.97 bits per heavy atom. The lowest BCUT2D eigenvalue weighted by molar-refractivity contribution is -0.311. The fourth-order valence-corrected chi connectivity index (χ4v) is 4.55. The summed E-state index contributed by atoms with van der Waals surface area (Å²) in [6.07, 6.45) is -6.61. The summed E-state index contributed by atoms with van der Waals surface area (Å²) in [5.41, 5.74) is -0.260. The first-order valence-corrected chi connectivity index (χ1v) is 11.3. The molecule has 0 radical (unpaired) electrons. The van der Waals surface area contributed by atoms with Gasteiger partial charge in [0.25, 0.3) is 6.29 Å². The molecule has 9 nitrogen and oxygen atoms in total. The molecule has 1 aliphatic rings. The summed E-state index contributed by atoms with van der Waals surface area (Å²) in [6, 6.07) is 2.15. The molecule has 0 saturated heterocycles. The third kappa shape index (κ3) is 6.16. The van der Waals surface area contributed by atoms with Crippen LogP contribution in [0.1, 0.15) is 38.7 Å². The van der Waals surface area contributed by atoms with Crippen LogP contribution in [0, 0.1) is 5.92 Å². The Kier molecular flexibility index (Phi) is 7.26. The fraction of sp³-hybridized carbons (Fsp3) is 0.556. The number of sulfonamides is 1. The summed E-state index contributed by atoms with van der Waals surface area (Å²) in [7, 11) is -4.37. The third-order valence-corrected chi connectivity index (χ3v) is 6.22. The largest absolute Gasteiger partial charge is 0.439 e. The van der Waals surface area contributed by atoms with Gasteiger partial charge in [0.05, 0.1) is 16.5 Å². The zero-order chi connectivity index (χ0) is 24.6. The SMILES string of the molecule is NS(=O)(=O)c1cc(NC(=O)CC2CCCCC2OC(O)C(F)(F)F)cc2nn(C(F)F)cc12. The maximum Gasteiger partial charge on any atom is 0.439 e. The number of carbonyl (C=O) groups excluding carboxylic acids is 1. The number of ether oxygens (including phenoxy) is 1. The van der Waals surface area contributed by atoms with Gasteiger partial charge in [-0.1, -0.05) is 12.8 Å². The van der Waals surface area contributed by atoms with Crippen LogP contribution >= 0.6 is 0 Å². The van der Waals surface area contributed by atoms with Gasteiger partial charge in [-0.05, 0) is 30.9 Å². The van der Waals surface area contributed by atoms with Gasteiger partial charge in [0.1, 0.15) is 0 Å². The number of nitrogens with zero attached hydrogens (tertiary/aromatic N) is 2. The Bertz CT molecular complexity index is 1120. The number of fused-ring (bicyclic) bond motifs is 1. The number of rotatable bonds is 7. The van der Waals surface area contributed by atoms with E-state index in [-0.39, 0.29) is 34.1 Å². The predicted octanol–water partition coefficient (Wildman–Crippen LogP) is 2.86. The van der Waals surface area contributed by atoms with Gasteiger partial charge in [-0.3, -0.25) is 4.79 Å². The van der Waals surface area contributed by atoms with Crippen molar-refractivity contribution < 1.29 is 45.0 Å². The standard InChI is InChI=1S/C18H21F5N4O5S/c19-17(20)27-8-11-12(26-27)6-10(7-14(11)33(24,30)31)25-15(28)5-9-3-1-2-4-13(9)32-16(29)18(21,22)23/h6-9,13,16-17,29H,1-5H2,(H,25,28)(H2,24,30,31). The number of hydrogen-bond acceptors (Lipinski definition) is 6. The van der Waals surface area contributed by atoms with Gasteiger partial charge < -0.3 is 15.2 Å². The Labute approximate surface area is 184 Å². The minimum absolute atomic E-state index is 0.0976. The number of halogens is 5. The zero-order valence-corrected chi connectivity index (χ0v) is 17.7. The van der Waals surface area contributed by atoms with Crippen molar-refractivity contribution in [1.29, 1.82) is 0 Å². The quantitative estimate of drug-likeness (QED) is 0.395. The Balaban J connectivity index is 1.79. The van der Waals surface area contributed by atoms with Crippen molar-refractivity contribution in [3.05, 3.63) is 18.3 Å². The zero-order valence-electron chi connectivity index (χ0n) is 16.9. The van der Waals surface area contributed by atoms with E-state index in [0.717, 1.165) is 12.3 Å². The Hall–Kier alpha value is -2.36. The highest BCUT2D eigenvalue weighted by Crippen LogP contribution is 2.33. The normalized spacial score (nSPS) is 20.8. The highest BCUT2D eigenvalue weighted by molar-refractivity contribution is 7.89. The van der Waals surface area contributed by atoms with E-state index in [1.807, 2.05) is 0 Å². The van der Waals surface area contributed by atoms with Gasteiger partial charge in [0.2, 0.25) is 15.9 Å². The summed E-state index contributed by atoms with van der Waals surface area (Å²) in [5.74, 6) is -1.31. The van der Waals surface area contributed by atoms with Crippen molar-refractivity contribution in [1.82, 2.24) is 9.78 Å². The number of anilines is 1. The topological polar surface area (TPSA) is 137 Å². The molecule has 1 amide bonds. The lowest BCUT2D eigenvalue weighted by Gasteiger charge is -2.33. The van der Waals surface area contributed by atoms with Crippen molar-refractivity contribution in [2.75, 3.05) is 5.32 Å². The van der Waals surface area contributed by atoms with E-state index < -0.39 is 51.9 Å². The Morgan fingerprint density at radius 1 is 1.30 bits per heavy atom. The molecule has 3 unspecified atom stereocenters. The number of aliphatic hydroxyl groups excluding tert-OH is 1. The van der Waals surface area contributed by atoms with Crippen LogP contribution in [0.4, 0.5) is 27.6 Å². The Morgan fingerprint density at radius 3 is 2.58 bits per heavy atom. The first kappa shape index (κ1) is 25.3. The van der Waals surface area contributed by atoms with Crippen molar-refractivity contribution in [3.63, 3.8) is 0 Å². The number of primary sulfonamides is 1. The number of alkyl halides is 5. The van der Waals surface area contributed by atoms with Crippen molar-refractivity contribution >= 4 is 32.5 Å². The van der Waals surface area contributed by atoms with Crippen molar-refractivity contribution in [2.24, 2.45) is 11.1 Å². The molecule has 1 aliphatic carbocycles. The number of aliphatic hydroxyl groups is 1. The van der Waals surface area contributed by atoms with Crippen LogP contribution in [0.3, 0.4) is 0 Å². The molecule has 33 heavy (non-hydrogen) atoms. The smallest absolute Gasteiger partial charge is 0.361 e. The van der Waals surface area contributed by atoms with Crippen LogP contribution in [0.25, 0.3) is 10.9 Å². The maximum atomic E-state index is 13.0. The molecule has 184 valence electrons. The summed E-state index contributed by atoms with van der Waals surface area (Å²) < 4.78 is 92.6. The molecule has 3 rings (SSSR count). The van der Waals surface area contributed by atoms with Gasteiger partial charge >= 0.3 is 12.7 Å². The first-order valence-electron chi connectivity index (χ1n) is 9.79. The van der Waals surface area contributed by atoms with E-state index in [0.29, 0.717) is 19.3 Å². The summed E-state index contributed by atoms with van der Waals surface area (Å²) in [4.78, 5) is 12.0. The molecule has 0 aliphatic heterocycles. The second kappa shape index (κ2) is 9.48. The van der Waals surface area contributed by atoms with Crippen LogP contribution in [-0.2, 0) is 19.6 Å². The van der Waals surface area contributed by atoms with Gasteiger partial charge in [-0.25, -0.2) is 18.2 Å². The monoisotopic (exact) mass is 500 g/mol. The van der Waals surface area contributed by atoms with Crippen LogP contribution in [0.2, 0.25) is 0 Å². The molecule has 0 bridgehead atoms. The van der Waals surface area contributed by atoms with Gasteiger partial charge in [-0.2, -0.15) is 27.1 Å². The predicted molar refractivity (Wildman–Crippen MR) is 104 cm³/mol. The summed E-state index contributed by atoms with van der Waals surface area (Å²) in [6.45, 7) is -3.04. The minimum atomic E-state index is -4.97. The van der Waals surface area contributed by atoms with Crippen LogP contribution in [-0.4, -0.2) is 47.8 Å². The number of benzene rings is 1. The summed E-state index contributed by atoms with van der Waals surface area (Å²) in [5, 5.41) is 20.2. The average molecular weight is 500 g/mol. The minimum Gasteiger partial charge on any atom is -0.361 e. The van der Waals surface area contributed by atoms with Gasteiger partial charge in [0.15, 0.2) is 0 Å². The molecule has 1 aromatic carbocycles. The molecule has 15 heteroatoms. The number of aromatic nitrogens is 2. The van der Waals surface area contributed by atoms with Gasteiger partial charge in [0, 0.05) is 23.7 Å². The molecule has 1 fully saturated rings. The van der Waals surface area contributed by atoms with Crippen molar-refractivity contribution in [2.45, 2.75) is 62.1 Å². The van der Waals surface area contributed by atoms with Crippen molar-refractivity contribution in [3.8, 4) is 0 Å². The molecule has 1 aromatic heterocycles. The van der Waals surface area contributed by atoms with E-state index >= 15 is 0 Å². The van der Waals surface area contributed by atoms with E-state index in [1.165, 1.54) is 6.07 Å². The lowest BCUT2D eigenvalue weighted by Crippen LogP contribution is -2.40. The maximum absolute atomic E-state index is 13.0. The highest BCUT2D eigenvalue weighted by Gasteiger charge is 2.42. The molecule has 0 spiro atoms. The molecule has 4 N–H and O–H groups in total. The second-order valence-corrected chi connectivity index (χ2v) is 9.23. The molecular formula is C18H21F5N4O5S. The first-order chi connectivity index (χ1) is 15.3. The van der Waals surface area contributed by atoms with Crippen LogP contribution < -0.4 is 10.5 Å². The molecular weight excluding hydrogens is 479 g/mol. The third-order valence-electron chi connectivity index (χ3n) is 5.27. The molecule has 3 atom stereocenters. The molecule has 1 heterocycles. The average Bonchev–Trinajstić information content (AvgIpc) is 3.11. The number of amides is 1. The van der Waals surface area contributed by atoms with E-state index in [2.05, 4.69) is 10.4 Å². The van der Waals surface area contributed by atoms with Crippen LogP contribution in [0.15, 0.2) is 23.2 Å². The van der Waals surface area contributed by atoms with E-state index in [9.17, 15) is 40.3 Å². The number of hydrogen-bond donors (Lipinski definition) is 3. The fourth-order valence-electron chi connectivity index (χ4n) is 3.80. The lowest BCUT2D eigenvalue weighted by atomic mass is 9.84. The van der Waals surface area contributed by atoms with Gasteiger partial charge in [-0.15, -0.1) is 0 Å². The van der Waals surface area contributed by atoms with E-state index in [4.69, 9.17) is 9.88 Å². The van der Waals surface area contributed by atoms with E-state index in [1.54, 1.807) is 0 Å². The summed E-state index contributed by atoms with van der Waals surface area (Å²) >= 11 is 0. The number of nitrogens with two attached hydrogens (primary N) is 1. The number of carbonyl (C=O) groups is 1. The second-order valence-electron chi connectivity index (χ2n) is 7.70. The molecule has 2 aromatic rings. The number of nitrogens with one attached hydrogen (secondary N) is 1. The highest BCUT2D eigenvalue weighted by atomic mass is 32.2. The molecule has 1 saturated carbocycles.